The van der Waals surface area contributed by atoms with E-state index in [0.29, 0.717) is 11.7 Å². The van der Waals surface area contributed by atoms with E-state index in [4.69, 9.17) is 4.42 Å². The first kappa shape index (κ1) is 12.7. The lowest BCUT2D eigenvalue weighted by atomic mass is 10.00. The van der Waals surface area contributed by atoms with E-state index in [2.05, 4.69) is 10.2 Å². The lowest BCUT2D eigenvalue weighted by Crippen LogP contribution is -2.43. The topological polar surface area (TPSA) is 45.5 Å². The van der Waals surface area contributed by atoms with Crippen LogP contribution in [0.25, 0.3) is 11.3 Å². The number of piperidine rings is 1. The maximum Gasteiger partial charge on any atom is 0.287 e. The Balaban J connectivity index is 1.47. The summed E-state index contributed by atoms with van der Waals surface area (Å²) in [5, 5.41) is 3.12. The van der Waals surface area contributed by atoms with E-state index in [0.717, 1.165) is 24.4 Å². The smallest absolute Gasteiger partial charge is 0.287 e. The van der Waals surface area contributed by atoms with Gasteiger partial charge in [0.05, 0.1) is 0 Å². The Hall–Kier alpha value is -2.07. The highest BCUT2D eigenvalue weighted by atomic mass is 16.3. The Morgan fingerprint density at radius 1 is 1.14 bits per heavy atom. The molecule has 1 aromatic heterocycles. The summed E-state index contributed by atoms with van der Waals surface area (Å²) in [7, 11) is 0. The summed E-state index contributed by atoms with van der Waals surface area (Å²) >= 11 is 0. The molecular formula is C17H18N2O2. The van der Waals surface area contributed by atoms with Crippen molar-refractivity contribution in [2.75, 3.05) is 19.6 Å². The fourth-order valence-corrected chi connectivity index (χ4v) is 3.40. The van der Waals surface area contributed by atoms with Gasteiger partial charge in [-0.05, 0) is 31.0 Å². The van der Waals surface area contributed by atoms with E-state index in [9.17, 15) is 4.79 Å². The molecular weight excluding hydrogens is 264 g/mol. The maximum atomic E-state index is 12.3. The minimum Gasteiger partial charge on any atom is -0.451 e. The molecule has 0 aliphatic carbocycles. The van der Waals surface area contributed by atoms with Gasteiger partial charge in [-0.2, -0.15) is 0 Å². The van der Waals surface area contributed by atoms with Crippen molar-refractivity contribution in [3.8, 4) is 11.3 Å². The highest BCUT2D eigenvalue weighted by molar-refractivity contribution is 5.92. The van der Waals surface area contributed by atoms with E-state index in [1.165, 1.54) is 13.0 Å². The number of fused-ring (bicyclic) bond motifs is 2. The van der Waals surface area contributed by atoms with Gasteiger partial charge in [-0.15, -0.1) is 0 Å². The second kappa shape index (κ2) is 5.04. The van der Waals surface area contributed by atoms with Gasteiger partial charge in [-0.25, -0.2) is 0 Å². The van der Waals surface area contributed by atoms with Gasteiger partial charge in [0.2, 0.25) is 0 Å². The number of nitrogens with one attached hydrogen (secondary N) is 1. The lowest BCUT2D eigenvalue weighted by molar-refractivity contribution is 0.0897. The molecule has 2 bridgehead atoms. The molecule has 0 saturated carbocycles. The van der Waals surface area contributed by atoms with Crippen LogP contribution in [-0.4, -0.2) is 36.5 Å². The molecule has 21 heavy (non-hydrogen) atoms. The molecule has 2 aliphatic rings. The number of carbonyl (C=O) groups excluding carboxylic acids is 1. The van der Waals surface area contributed by atoms with Gasteiger partial charge in [0.1, 0.15) is 5.76 Å². The molecule has 2 fully saturated rings. The number of nitrogens with zero attached hydrogens (tertiary/aromatic N) is 1. The van der Waals surface area contributed by atoms with Crippen molar-refractivity contribution in [3.05, 3.63) is 48.2 Å². The quantitative estimate of drug-likeness (QED) is 0.940. The van der Waals surface area contributed by atoms with Crippen molar-refractivity contribution < 1.29 is 9.21 Å². The molecule has 2 aromatic rings. The zero-order valence-corrected chi connectivity index (χ0v) is 11.8. The van der Waals surface area contributed by atoms with Crippen LogP contribution in [0.15, 0.2) is 46.9 Å². The van der Waals surface area contributed by atoms with E-state index >= 15 is 0 Å². The van der Waals surface area contributed by atoms with Crippen LogP contribution in [0.5, 0.6) is 0 Å². The van der Waals surface area contributed by atoms with E-state index in [1.807, 2.05) is 36.4 Å². The average Bonchev–Trinajstić information content (AvgIpc) is 3.24. The molecule has 2 saturated heterocycles. The predicted molar refractivity (Wildman–Crippen MR) is 79.9 cm³/mol. The summed E-state index contributed by atoms with van der Waals surface area (Å²) in [6.45, 7) is 3.27. The molecule has 4 rings (SSSR count). The minimum absolute atomic E-state index is 0.101. The SMILES string of the molecule is O=C(N[C@H]1CN2CC[C@H]1C2)c1ccc(-c2ccccc2)o1. The predicted octanol–water partition coefficient (Wildman–Crippen LogP) is 2.38. The van der Waals surface area contributed by atoms with Gasteiger partial charge >= 0.3 is 0 Å². The molecule has 2 aliphatic heterocycles. The van der Waals surface area contributed by atoms with Crippen molar-refractivity contribution in [2.24, 2.45) is 5.92 Å². The first-order valence-electron chi connectivity index (χ1n) is 7.48. The van der Waals surface area contributed by atoms with Crippen LogP contribution in [0, 0.1) is 5.92 Å². The molecule has 4 nitrogen and oxygen atoms in total. The lowest BCUT2D eigenvalue weighted by Gasteiger charge is -2.22. The first-order valence-corrected chi connectivity index (χ1v) is 7.48. The van der Waals surface area contributed by atoms with Crippen LogP contribution in [0.4, 0.5) is 0 Å². The van der Waals surface area contributed by atoms with Gasteiger partial charge < -0.3 is 14.6 Å². The third-order valence-electron chi connectivity index (χ3n) is 4.54. The van der Waals surface area contributed by atoms with Crippen molar-refractivity contribution >= 4 is 5.91 Å². The van der Waals surface area contributed by atoms with Crippen LogP contribution in [0.2, 0.25) is 0 Å². The molecule has 3 atom stereocenters. The fourth-order valence-electron chi connectivity index (χ4n) is 3.40. The first-order chi connectivity index (χ1) is 10.3. The normalized spacial score (nSPS) is 27.0. The van der Waals surface area contributed by atoms with Crippen LogP contribution in [-0.2, 0) is 0 Å². The van der Waals surface area contributed by atoms with Crippen molar-refractivity contribution in [2.45, 2.75) is 12.5 Å². The number of carbonyl (C=O) groups is 1. The number of hydrogen-bond acceptors (Lipinski definition) is 3. The summed E-state index contributed by atoms with van der Waals surface area (Å²) in [4.78, 5) is 14.7. The van der Waals surface area contributed by atoms with Gasteiger partial charge in [-0.3, -0.25) is 4.79 Å². The van der Waals surface area contributed by atoms with Gasteiger partial charge in [-0.1, -0.05) is 30.3 Å². The largest absolute Gasteiger partial charge is 0.451 e. The van der Waals surface area contributed by atoms with Gasteiger partial charge in [0.15, 0.2) is 5.76 Å². The zero-order chi connectivity index (χ0) is 14.2. The summed E-state index contributed by atoms with van der Waals surface area (Å²) < 4.78 is 5.70. The van der Waals surface area contributed by atoms with Crippen molar-refractivity contribution in [3.63, 3.8) is 0 Å². The van der Waals surface area contributed by atoms with Crippen LogP contribution in [0.3, 0.4) is 0 Å². The van der Waals surface area contributed by atoms with Crippen molar-refractivity contribution in [1.82, 2.24) is 10.2 Å². The molecule has 0 radical (unpaired) electrons. The molecule has 1 N–H and O–H groups in total. The molecule has 108 valence electrons. The monoisotopic (exact) mass is 282 g/mol. The van der Waals surface area contributed by atoms with Crippen LogP contribution < -0.4 is 5.32 Å². The van der Waals surface area contributed by atoms with E-state index in [1.54, 1.807) is 6.07 Å². The Morgan fingerprint density at radius 3 is 2.71 bits per heavy atom. The fraction of sp³-hybridized carbons (Fsp3) is 0.353. The highest BCUT2D eigenvalue weighted by Crippen LogP contribution is 2.28. The molecule has 4 heteroatoms. The second-order valence-electron chi connectivity index (χ2n) is 5.92. The molecule has 1 aromatic carbocycles. The minimum atomic E-state index is -0.101. The number of benzene rings is 1. The standard InChI is InChI=1S/C17H18N2O2/c20-17(18-14-11-19-9-8-13(14)10-19)16-7-6-15(21-16)12-4-2-1-3-5-12/h1-7,13-14H,8-11H2,(H,18,20)/t13-,14-/m0/s1. The highest BCUT2D eigenvalue weighted by Gasteiger charge is 2.38. The Bertz CT molecular complexity index is 650. The van der Waals surface area contributed by atoms with Gasteiger partial charge in [0.25, 0.3) is 5.91 Å². The van der Waals surface area contributed by atoms with Crippen LogP contribution in [0.1, 0.15) is 17.0 Å². The molecule has 1 amide bonds. The molecule has 3 heterocycles. The second-order valence-corrected chi connectivity index (χ2v) is 5.92. The van der Waals surface area contributed by atoms with E-state index in [-0.39, 0.29) is 11.9 Å². The number of amides is 1. The summed E-state index contributed by atoms with van der Waals surface area (Å²) in [5.41, 5.74) is 0.989. The number of rotatable bonds is 3. The summed E-state index contributed by atoms with van der Waals surface area (Å²) in [5.74, 6) is 1.64. The zero-order valence-electron chi connectivity index (χ0n) is 11.8. The summed E-state index contributed by atoms with van der Waals surface area (Å²) in [6.07, 6.45) is 1.19. The molecule has 0 spiro atoms. The van der Waals surface area contributed by atoms with Crippen molar-refractivity contribution in [1.29, 1.82) is 0 Å². The van der Waals surface area contributed by atoms with E-state index < -0.39 is 0 Å². The maximum absolute atomic E-state index is 12.3. The number of hydrogen-bond donors (Lipinski definition) is 1. The average molecular weight is 282 g/mol. The number of furan rings is 1. The third kappa shape index (κ3) is 2.36. The summed E-state index contributed by atoms with van der Waals surface area (Å²) in [6, 6.07) is 13.7. The Morgan fingerprint density at radius 2 is 2.00 bits per heavy atom. The van der Waals surface area contributed by atoms with Crippen LogP contribution >= 0.6 is 0 Å². The van der Waals surface area contributed by atoms with Gasteiger partial charge in [0, 0.05) is 24.7 Å². The Kier molecular flexibility index (Phi) is 3.04. The third-order valence-corrected chi connectivity index (χ3v) is 4.54. The molecule has 1 unspecified atom stereocenters. The Labute approximate surface area is 123 Å².